The highest BCUT2D eigenvalue weighted by Crippen LogP contribution is 2.30. The lowest BCUT2D eigenvalue weighted by Crippen LogP contribution is -2.22. The predicted molar refractivity (Wildman–Crippen MR) is 135 cm³/mol. The summed E-state index contributed by atoms with van der Waals surface area (Å²) in [5, 5.41) is 3.20. The summed E-state index contributed by atoms with van der Waals surface area (Å²) in [7, 11) is -1.63. The van der Waals surface area contributed by atoms with Crippen LogP contribution in [0.1, 0.15) is 31.1 Å². The third-order valence-corrected chi connectivity index (χ3v) is 5.77. The summed E-state index contributed by atoms with van der Waals surface area (Å²) in [6, 6.07) is 9.79. The first-order valence-electron chi connectivity index (χ1n) is 9.83. The largest absolute Gasteiger partial charge is 0.465 e. The summed E-state index contributed by atoms with van der Waals surface area (Å²) in [5.74, 6) is -2.53. The number of halogens is 2. The van der Waals surface area contributed by atoms with Crippen LogP contribution in [-0.4, -0.2) is 46.6 Å². The molecule has 0 radical (unpaired) electrons. The van der Waals surface area contributed by atoms with Crippen molar-refractivity contribution in [1.29, 1.82) is 0 Å². The molecular formula is C23H19Cl2N3O6S. The molecule has 1 aromatic heterocycles. The van der Waals surface area contributed by atoms with E-state index in [4.69, 9.17) is 27.9 Å². The summed E-state index contributed by atoms with van der Waals surface area (Å²) in [6.45, 7) is 0. The average Bonchev–Trinajstić information content (AvgIpc) is 2.78. The number of hydrogen-bond acceptors (Lipinski definition) is 6. The van der Waals surface area contributed by atoms with Crippen molar-refractivity contribution >= 4 is 56.4 Å². The lowest BCUT2D eigenvalue weighted by molar-refractivity contribution is 0.0597. The summed E-state index contributed by atoms with van der Waals surface area (Å²) < 4.78 is 20.2. The van der Waals surface area contributed by atoms with Gasteiger partial charge in [-0.3, -0.25) is 14.4 Å². The molecule has 0 atom stereocenters. The van der Waals surface area contributed by atoms with E-state index >= 15 is 0 Å². The minimum absolute atomic E-state index is 0.0742. The Balaban J connectivity index is 2.05. The monoisotopic (exact) mass is 535 g/mol. The van der Waals surface area contributed by atoms with Gasteiger partial charge in [-0.15, -0.1) is 0 Å². The first-order valence-corrected chi connectivity index (χ1v) is 12.9. The van der Waals surface area contributed by atoms with Crippen molar-refractivity contribution in [1.82, 2.24) is 4.98 Å². The van der Waals surface area contributed by atoms with Gasteiger partial charge < -0.3 is 15.0 Å². The van der Waals surface area contributed by atoms with Gasteiger partial charge in [-0.2, -0.15) is 4.36 Å². The second kappa shape index (κ2) is 10.4. The van der Waals surface area contributed by atoms with Gasteiger partial charge >= 0.3 is 5.97 Å². The maximum absolute atomic E-state index is 13.1. The topological polar surface area (TPSA) is 135 Å². The number of esters is 1. The van der Waals surface area contributed by atoms with Crippen LogP contribution >= 0.6 is 23.2 Å². The van der Waals surface area contributed by atoms with Crippen LogP contribution in [0.15, 0.2) is 57.8 Å². The van der Waals surface area contributed by atoms with Crippen LogP contribution in [0.2, 0.25) is 10.0 Å². The van der Waals surface area contributed by atoms with E-state index in [1.807, 2.05) is 0 Å². The van der Waals surface area contributed by atoms with Gasteiger partial charge in [0.15, 0.2) is 0 Å². The highest BCUT2D eigenvalue weighted by Gasteiger charge is 2.21. The van der Waals surface area contributed by atoms with Crippen molar-refractivity contribution < 1.29 is 23.3 Å². The van der Waals surface area contributed by atoms with Crippen LogP contribution < -0.4 is 10.9 Å². The molecule has 0 aliphatic carbocycles. The maximum atomic E-state index is 13.1. The maximum Gasteiger partial charge on any atom is 0.338 e. The number of nitrogens with one attached hydrogen (secondary N) is 2. The van der Waals surface area contributed by atoms with Crippen molar-refractivity contribution in [3.8, 4) is 11.1 Å². The molecule has 3 aromatic rings. The first-order chi connectivity index (χ1) is 16.4. The Labute approximate surface area is 210 Å². The fourth-order valence-corrected chi connectivity index (χ4v) is 4.07. The summed E-state index contributed by atoms with van der Waals surface area (Å²) in [5.41, 5.74) is -0.191. The number of rotatable bonds is 5. The van der Waals surface area contributed by atoms with E-state index in [0.29, 0.717) is 21.2 Å². The van der Waals surface area contributed by atoms with Gasteiger partial charge in [0.1, 0.15) is 5.69 Å². The molecule has 1 heterocycles. The highest BCUT2D eigenvalue weighted by atomic mass is 35.5. The molecule has 9 nitrogen and oxygen atoms in total. The fourth-order valence-electron chi connectivity index (χ4n) is 3.05. The van der Waals surface area contributed by atoms with Crippen LogP contribution in [0.3, 0.4) is 0 Å². The zero-order valence-corrected chi connectivity index (χ0v) is 21.0. The molecule has 2 N–H and O–H groups in total. The van der Waals surface area contributed by atoms with Gasteiger partial charge in [0.05, 0.1) is 18.2 Å². The molecule has 3 rings (SSSR count). The Bertz CT molecular complexity index is 1530. The minimum Gasteiger partial charge on any atom is -0.465 e. The quantitative estimate of drug-likeness (QED) is 0.468. The van der Waals surface area contributed by atoms with Gasteiger partial charge in [0, 0.05) is 55.2 Å². The number of ether oxygens (including phenoxy) is 1. The van der Waals surface area contributed by atoms with E-state index in [2.05, 4.69) is 14.7 Å². The zero-order chi connectivity index (χ0) is 25.9. The second-order valence-electron chi connectivity index (χ2n) is 7.54. The zero-order valence-electron chi connectivity index (χ0n) is 18.7. The van der Waals surface area contributed by atoms with Crippen molar-refractivity contribution in [2.24, 2.45) is 4.36 Å². The van der Waals surface area contributed by atoms with Gasteiger partial charge in [-0.25, -0.2) is 9.00 Å². The molecule has 2 aromatic carbocycles. The number of carbonyl (C=O) groups is 3. The number of hydrogen-bond donors (Lipinski definition) is 2. The smallest absolute Gasteiger partial charge is 0.338 e. The number of H-pyrrole nitrogens is 1. The molecule has 0 saturated heterocycles. The summed E-state index contributed by atoms with van der Waals surface area (Å²) in [6.07, 6.45) is 3.99. The molecule has 0 unspecified atom stereocenters. The van der Waals surface area contributed by atoms with Gasteiger partial charge in [0.2, 0.25) is 0 Å². The molecule has 0 saturated carbocycles. The molecule has 0 spiro atoms. The van der Waals surface area contributed by atoms with Gasteiger partial charge in [-0.05, 0) is 36.4 Å². The normalized spacial score (nSPS) is 11.0. The van der Waals surface area contributed by atoms with Crippen LogP contribution in [0.4, 0.5) is 5.69 Å². The lowest BCUT2D eigenvalue weighted by Gasteiger charge is -2.11. The van der Waals surface area contributed by atoms with Crippen LogP contribution in [0.25, 0.3) is 11.1 Å². The molecule has 2 amide bonds. The number of benzene rings is 2. The molecule has 0 bridgehead atoms. The molecule has 12 heteroatoms. The van der Waals surface area contributed by atoms with E-state index in [1.165, 1.54) is 43.0 Å². The van der Waals surface area contributed by atoms with E-state index in [0.717, 1.165) is 13.2 Å². The Morgan fingerprint density at radius 1 is 1.03 bits per heavy atom. The predicted octanol–water partition coefficient (Wildman–Crippen LogP) is 4.26. The third-order valence-electron chi connectivity index (χ3n) is 4.61. The standard InChI is InChI=1S/C23H19Cl2N3O6S/c1-34-23(32)16-6-4-12(20(29)28-35(2,3)33)8-17(16)21(30)27-19-9-13(11-26-22(19)31)15-7-5-14(24)10-18(15)25/h4-11H,1-3H3,(H,26,31)(H,27,30). The second-order valence-corrected chi connectivity index (χ2v) is 10.9. The Morgan fingerprint density at radius 3 is 2.37 bits per heavy atom. The molecular weight excluding hydrogens is 517 g/mol. The van der Waals surface area contributed by atoms with Crippen LogP contribution in [-0.2, 0) is 14.5 Å². The van der Waals surface area contributed by atoms with E-state index in [1.54, 1.807) is 12.1 Å². The van der Waals surface area contributed by atoms with E-state index in [9.17, 15) is 23.4 Å². The molecule has 35 heavy (non-hydrogen) atoms. The number of methoxy groups -OCH3 is 1. The Morgan fingerprint density at radius 2 is 1.74 bits per heavy atom. The van der Waals surface area contributed by atoms with Crippen molar-refractivity contribution in [3.05, 3.63) is 85.8 Å². The van der Waals surface area contributed by atoms with Crippen molar-refractivity contribution in [2.45, 2.75) is 0 Å². The molecule has 0 fully saturated rings. The van der Waals surface area contributed by atoms with E-state index in [-0.39, 0.29) is 22.4 Å². The summed E-state index contributed by atoms with van der Waals surface area (Å²) in [4.78, 5) is 52.6. The number of nitrogens with zero attached hydrogens (tertiary/aromatic N) is 1. The van der Waals surface area contributed by atoms with Crippen molar-refractivity contribution in [3.63, 3.8) is 0 Å². The molecule has 0 aliphatic rings. The number of aromatic amines is 1. The number of anilines is 1. The Kier molecular flexibility index (Phi) is 7.79. The number of carbonyl (C=O) groups excluding carboxylic acids is 3. The third kappa shape index (κ3) is 6.36. The van der Waals surface area contributed by atoms with Crippen molar-refractivity contribution in [2.75, 3.05) is 24.9 Å². The molecule has 0 aliphatic heterocycles. The Hall–Kier alpha value is -3.47. The average molecular weight is 536 g/mol. The SMILES string of the molecule is COC(=O)c1ccc(C(=O)N=S(C)(C)=O)cc1C(=O)Nc1cc(-c2ccc(Cl)cc2Cl)c[nH]c1=O. The highest BCUT2D eigenvalue weighted by molar-refractivity contribution is 7.92. The van der Waals surface area contributed by atoms with Crippen LogP contribution in [0.5, 0.6) is 0 Å². The van der Waals surface area contributed by atoms with Gasteiger partial charge in [-0.1, -0.05) is 29.3 Å². The molecule has 182 valence electrons. The number of aromatic nitrogens is 1. The number of pyridine rings is 1. The lowest BCUT2D eigenvalue weighted by atomic mass is 10.0. The first kappa shape index (κ1) is 26.1. The van der Waals surface area contributed by atoms with Gasteiger partial charge in [0.25, 0.3) is 17.4 Å². The van der Waals surface area contributed by atoms with E-state index < -0.39 is 33.1 Å². The summed E-state index contributed by atoms with van der Waals surface area (Å²) >= 11 is 12.2. The minimum atomic E-state index is -2.76. The number of amides is 2. The van der Waals surface area contributed by atoms with Crippen LogP contribution in [0, 0.1) is 0 Å². The fraction of sp³-hybridized carbons (Fsp3) is 0.130.